The van der Waals surface area contributed by atoms with Crippen molar-refractivity contribution in [3.05, 3.63) is 28.8 Å². The fraction of sp³-hybridized carbons (Fsp3) is 0.611. The van der Waals surface area contributed by atoms with Gasteiger partial charge in [0.1, 0.15) is 12.4 Å². The molecule has 7 heteroatoms. The van der Waals surface area contributed by atoms with Gasteiger partial charge in [-0.1, -0.05) is 17.7 Å². The highest BCUT2D eigenvalue weighted by atomic mass is 35.5. The molecule has 1 N–H and O–H groups in total. The molecule has 0 bridgehead atoms. The van der Waals surface area contributed by atoms with Crippen molar-refractivity contribution in [3.63, 3.8) is 0 Å². The fourth-order valence-corrected chi connectivity index (χ4v) is 2.96. The summed E-state index contributed by atoms with van der Waals surface area (Å²) in [7, 11) is 0. The summed E-state index contributed by atoms with van der Waals surface area (Å²) in [5.41, 5.74) is 0.973. The third kappa shape index (κ3) is 6.82. The fourth-order valence-electron chi connectivity index (χ4n) is 2.70. The SMILES string of the molecule is CC(C)N(CC(=O)O)Cc1ccc(OCCN2CCOCC2)c(Cl)c1. The van der Waals surface area contributed by atoms with Crippen LogP contribution in [0.15, 0.2) is 18.2 Å². The molecule has 0 amide bonds. The van der Waals surface area contributed by atoms with Crippen LogP contribution in [0.4, 0.5) is 0 Å². The van der Waals surface area contributed by atoms with E-state index in [0.717, 1.165) is 38.4 Å². The molecule has 1 heterocycles. The summed E-state index contributed by atoms with van der Waals surface area (Å²) in [6.07, 6.45) is 0. The minimum atomic E-state index is -0.831. The number of ether oxygens (including phenoxy) is 2. The minimum Gasteiger partial charge on any atom is -0.491 e. The molecule has 140 valence electrons. The normalized spacial score (nSPS) is 15.7. The van der Waals surface area contributed by atoms with E-state index in [9.17, 15) is 4.79 Å². The Balaban J connectivity index is 1.87. The van der Waals surface area contributed by atoms with Crippen molar-refractivity contribution in [2.45, 2.75) is 26.4 Å². The molecule has 0 atom stereocenters. The largest absolute Gasteiger partial charge is 0.491 e. The smallest absolute Gasteiger partial charge is 0.317 e. The molecule has 0 aromatic heterocycles. The van der Waals surface area contributed by atoms with Crippen LogP contribution in [0.2, 0.25) is 5.02 Å². The zero-order chi connectivity index (χ0) is 18.2. The van der Waals surface area contributed by atoms with Gasteiger partial charge >= 0.3 is 5.97 Å². The first kappa shape index (κ1) is 20.0. The Labute approximate surface area is 154 Å². The van der Waals surface area contributed by atoms with Crippen molar-refractivity contribution < 1.29 is 19.4 Å². The standard InChI is InChI=1S/C18H27ClN2O4/c1-14(2)21(13-18(22)23)12-15-3-4-17(16(19)11-15)25-10-7-20-5-8-24-9-6-20/h3-4,11,14H,5-10,12-13H2,1-2H3,(H,22,23). The summed E-state index contributed by atoms with van der Waals surface area (Å²) in [5, 5.41) is 9.57. The van der Waals surface area contributed by atoms with Gasteiger partial charge in [-0.3, -0.25) is 14.6 Å². The molecular formula is C18H27ClN2O4. The summed E-state index contributed by atoms with van der Waals surface area (Å²) >= 11 is 6.33. The molecule has 1 aromatic carbocycles. The van der Waals surface area contributed by atoms with E-state index < -0.39 is 5.97 Å². The van der Waals surface area contributed by atoms with Crippen molar-refractivity contribution in [3.8, 4) is 5.75 Å². The lowest BCUT2D eigenvalue weighted by Crippen LogP contribution is -2.38. The van der Waals surface area contributed by atoms with E-state index in [0.29, 0.717) is 23.9 Å². The van der Waals surface area contributed by atoms with E-state index in [1.54, 1.807) is 0 Å². The summed E-state index contributed by atoms with van der Waals surface area (Å²) in [6, 6.07) is 5.78. The van der Waals surface area contributed by atoms with Gasteiger partial charge in [-0.05, 0) is 31.5 Å². The number of carbonyl (C=O) groups is 1. The highest BCUT2D eigenvalue weighted by Crippen LogP contribution is 2.26. The molecule has 0 unspecified atom stereocenters. The maximum Gasteiger partial charge on any atom is 0.317 e. The Bertz CT molecular complexity index is 562. The van der Waals surface area contributed by atoms with E-state index in [2.05, 4.69) is 4.90 Å². The number of carboxylic acid groups (broad SMARTS) is 1. The van der Waals surface area contributed by atoms with E-state index in [1.165, 1.54) is 0 Å². The molecule has 0 spiro atoms. The van der Waals surface area contributed by atoms with Gasteiger partial charge in [-0.25, -0.2) is 0 Å². The molecule has 6 nitrogen and oxygen atoms in total. The van der Waals surface area contributed by atoms with Gasteiger partial charge < -0.3 is 14.6 Å². The monoisotopic (exact) mass is 370 g/mol. The van der Waals surface area contributed by atoms with Gasteiger partial charge in [0, 0.05) is 32.2 Å². The number of nitrogens with zero attached hydrogens (tertiary/aromatic N) is 2. The third-order valence-electron chi connectivity index (χ3n) is 4.22. The van der Waals surface area contributed by atoms with Crippen LogP contribution in [0.1, 0.15) is 19.4 Å². The molecule has 1 aromatic rings. The Kier molecular flexibility index (Phi) is 7.96. The summed E-state index contributed by atoms with van der Waals surface area (Å²) in [5.74, 6) is -0.170. The maximum atomic E-state index is 11.0. The second-order valence-corrected chi connectivity index (χ2v) is 6.87. The average Bonchev–Trinajstić information content (AvgIpc) is 2.56. The number of benzene rings is 1. The van der Waals surface area contributed by atoms with Crippen LogP contribution in [0, 0.1) is 0 Å². The van der Waals surface area contributed by atoms with Crippen LogP contribution in [-0.2, 0) is 16.1 Å². The number of hydrogen-bond donors (Lipinski definition) is 1. The lowest BCUT2D eigenvalue weighted by Gasteiger charge is -2.26. The van der Waals surface area contributed by atoms with Crippen molar-refractivity contribution in [2.75, 3.05) is 46.0 Å². The van der Waals surface area contributed by atoms with Crippen molar-refractivity contribution >= 4 is 17.6 Å². The van der Waals surface area contributed by atoms with Gasteiger partial charge in [0.05, 0.1) is 24.8 Å². The molecule has 0 aliphatic carbocycles. The molecule has 1 aliphatic rings. The van der Waals surface area contributed by atoms with Crippen LogP contribution in [0.5, 0.6) is 5.75 Å². The summed E-state index contributed by atoms with van der Waals surface area (Å²) in [4.78, 5) is 15.2. The second kappa shape index (κ2) is 9.97. The lowest BCUT2D eigenvalue weighted by molar-refractivity contribution is -0.138. The van der Waals surface area contributed by atoms with Crippen LogP contribution in [-0.4, -0.2) is 72.9 Å². The number of carboxylic acids is 1. The predicted molar refractivity (Wildman–Crippen MR) is 97.4 cm³/mol. The van der Waals surface area contributed by atoms with E-state index in [1.807, 2.05) is 36.9 Å². The number of morpholine rings is 1. The zero-order valence-electron chi connectivity index (χ0n) is 14.9. The van der Waals surface area contributed by atoms with Crippen molar-refractivity contribution in [1.29, 1.82) is 0 Å². The van der Waals surface area contributed by atoms with Crippen LogP contribution < -0.4 is 4.74 Å². The topological polar surface area (TPSA) is 62.2 Å². The summed E-state index contributed by atoms with van der Waals surface area (Å²) in [6.45, 7) is 9.36. The Morgan fingerprint density at radius 2 is 2.12 bits per heavy atom. The molecular weight excluding hydrogens is 344 g/mol. The predicted octanol–water partition coefficient (Wildman–Crippen LogP) is 2.35. The number of hydrogen-bond acceptors (Lipinski definition) is 5. The van der Waals surface area contributed by atoms with Gasteiger partial charge in [-0.2, -0.15) is 0 Å². The van der Waals surface area contributed by atoms with E-state index in [4.69, 9.17) is 26.2 Å². The number of halogens is 1. The van der Waals surface area contributed by atoms with Crippen molar-refractivity contribution in [1.82, 2.24) is 9.80 Å². The number of aliphatic carboxylic acids is 1. The van der Waals surface area contributed by atoms with Gasteiger partial charge in [-0.15, -0.1) is 0 Å². The van der Waals surface area contributed by atoms with Gasteiger partial charge in [0.25, 0.3) is 0 Å². The Hall–Kier alpha value is -1.34. The van der Waals surface area contributed by atoms with Gasteiger partial charge in [0.15, 0.2) is 0 Å². The Morgan fingerprint density at radius 3 is 2.72 bits per heavy atom. The van der Waals surface area contributed by atoms with Gasteiger partial charge in [0.2, 0.25) is 0 Å². The van der Waals surface area contributed by atoms with Crippen molar-refractivity contribution in [2.24, 2.45) is 0 Å². The van der Waals surface area contributed by atoms with E-state index >= 15 is 0 Å². The molecule has 1 saturated heterocycles. The zero-order valence-corrected chi connectivity index (χ0v) is 15.7. The summed E-state index contributed by atoms with van der Waals surface area (Å²) < 4.78 is 11.1. The molecule has 0 radical (unpaired) electrons. The number of rotatable bonds is 9. The highest BCUT2D eigenvalue weighted by molar-refractivity contribution is 6.32. The molecule has 2 rings (SSSR count). The molecule has 1 aliphatic heterocycles. The first-order valence-electron chi connectivity index (χ1n) is 8.63. The Morgan fingerprint density at radius 1 is 1.40 bits per heavy atom. The van der Waals surface area contributed by atoms with Crippen LogP contribution in [0.3, 0.4) is 0 Å². The highest BCUT2D eigenvalue weighted by Gasteiger charge is 2.15. The lowest BCUT2D eigenvalue weighted by atomic mass is 10.2. The first-order chi connectivity index (χ1) is 12.0. The average molecular weight is 371 g/mol. The molecule has 25 heavy (non-hydrogen) atoms. The molecule has 1 fully saturated rings. The second-order valence-electron chi connectivity index (χ2n) is 6.46. The first-order valence-corrected chi connectivity index (χ1v) is 9.00. The maximum absolute atomic E-state index is 11.0. The molecule has 0 saturated carbocycles. The third-order valence-corrected chi connectivity index (χ3v) is 4.51. The van der Waals surface area contributed by atoms with E-state index in [-0.39, 0.29) is 12.6 Å². The quantitative estimate of drug-likeness (QED) is 0.720. The van der Waals surface area contributed by atoms with Crippen LogP contribution >= 0.6 is 11.6 Å². The van der Waals surface area contributed by atoms with Crippen LogP contribution in [0.25, 0.3) is 0 Å². The minimum absolute atomic E-state index is 0.00703.